The van der Waals surface area contributed by atoms with Gasteiger partial charge in [0.2, 0.25) is 5.91 Å². The van der Waals surface area contributed by atoms with Gasteiger partial charge in [-0.05, 0) is 24.3 Å². The molecule has 0 radical (unpaired) electrons. The molecule has 1 aliphatic rings. The zero-order chi connectivity index (χ0) is 22.5. The van der Waals surface area contributed by atoms with Gasteiger partial charge in [0.25, 0.3) is 11.6 Å². The number of carbonyl (C=O) groups excluding carboxylic acids is 3. The van der Waals surface area contributed by atoms with Crippen molar-refractivity contribution in [2.45, 2.75) is 6.42 Å². The van der Waals surface area contributed by atoms with Crippen LogP contribution in [0.5, 0.6) is 5.75 Å². The highest BCUT2D eigenvalue weighted by atomic mass is 35.5. The molecule has 162 valence electrons. The van der Waals surface area contributed by atoms with Crippen LogP contribution in [0.3, 0.4) is 0 Å². The summed E-state index contributed by atoms with van der Waals surface area (Å²) in [6.45, 7) is -0.477. The van der Waals surface area contributed by atoms with E-state index in [0.29, 0.717) is 11.4 Å². The molecule has 1 N–H and O–H groups in total. The number of esters is 1. The van der Waals surface area contributed by atoms with Crippen molar-refractivity contribution < 1.29 is 28.8 Å². The molecule has 0 spiro atoms. The second kappa shape index (κ2) is 9.43. The number of carbonyl (C=O) groups is 3. The summed E-state index contributed by atoms with van der Waals surface area (Å²) in [6, 6.07) is 10.7. The topological polar surface area (TPSA) is 128 Å². The number of nitro benzene ring substituents is 1. The van der Waals surface area contributed by atoms with Crippen LogP contribution < -0.4 is 15.0 Å². The fraction of sp³-hybridized carbons (Fsp3) is 0.250. The molecule has 11 heteroatoms. The van der Waals surface area contributed by atoms with Crippen molar-refractivity contribution in [2.24, 2.45) is 5.92 Å². The van der Waals surface area contributed by atoms with E-state index in [1.807, 2.05) is 0 Å². The van der Waals surface area contributed by atoms with Gasteiger partial charge >= 0.3 is 5.97 Å². The van der Waals surface area contributed by atoms with E-state index in [0.717, 1.165) is 6.07 Å². The van der Waals surface area contributed by atoms with Crippen LogP contribution in [0, 0.1) is 16.0 Å². The number of hydrogen-bond donors (Lipinski definition) is 1. The molecule has 1 unspecified atom stereocenters. The van der Waals surface area contributed by atoms with Gasteiger partial charge in [0.1, 0.15) is 10.8 Å². The molecular formula is C20H18ClN3O7. The average Bonchev–Trinajstić information content (AvgIpc) is 3.15. The molecule has 0 bridgehead atoms. The molecule has 0 saturated carbocycles. The van der Waals surface area contributed by atoms with E-state index >= 15 is 0 Å². The summed E-state index contributed by atoms with van der Waals surface area (Å²) in [6.07, 6.45) is -0.0406. The molecule has 0 aromatic heterocycles. The Morgan fingerprint density at radius 3 is 2.77 bits per heavy atom. The molecule has 1 fully saturated rings. The Morgan fingerprint density at radius 1 is 1.29 bits per heavy atom. The first kappa shape index (κ1) is 22.0. The first-order chi connectivity index (χ1) is 14.8. The SMILES string of the molecule is COc1cccc(N2CC(C(=O)OCC(=O)Nc3ccc(Cl)c([N+](=O)[O-])c3)CC2=O)c1. The van der Waals surface area contributed by atoms with Crippen LogP contribution in [0.2, 0.25) is 5.02 Å². The summed E-state index contributed by atoms with van der Waals surface area (Å²) in [7, 11) is 1.51. The molecule has 1 saturated heterocycles. The maximum atomic E-state index is 12.3. The zero-order valence-corrected chi connectivity index (χ0v) is 17.1. The van der Waals surface area contributed by atoms with E-state index in [-0.39, 0.29) is 35.3 Å². The minimum Gasteiger partial charge on any atom is -0.497 e. The molecule has 1 heterocycles. The molecule has 3 rings (SSSR count). The van der Waals surface area contributed by atoms with E-state index in [1.54, 1.807) is 24.3 Å². The molecule has 1 aliphatic heterocycles. The van der Waals surface area contributed by atoms with Crippen molar-refractivity contribution in [3.63, 3.8) is 0 Å². The first-order valence-electron chi connectivity index (χ1n) is 9.13. The van der Waals surface area contributed by atoms with Crippen LogP contribution in [0.15, 0.2) is 42.5 Å². The van der Waals surface area contributed by atoms with E-state index < -0.39 is 29.3 Å². The number of anilines is 2. The van der Waals surface area contributed by atoms with Gasteiger partial charge in [-0.2, -0.15) is 0 Å². The van der Waals surface area contributed by atoms with Crippen LogP contribution in [-0.4, -0.2) is 43.0 Å². The van der Waals surface area contributed by atoms with Crippen molar-refractivity contribution in [1.29, 1.82) is 0 Å². The van der Waals surface area contributed by atoms with Gasteiger partial charge in [-0.15, -0.1) is 0 Å². The van der Waals surface area contributed by atoms with Crippen molar-refractivity contribution >= 4 is 46.4 Å². The van der Waals surface area contributed by atoms with E-state index in [9.17, 15) is 24.5 Å². The van der Waals surface area contributed by atoms with Gasteiger partial charge in [0.05, 0.1) is 18.0 Å². The summed E-state index contributed by atoms with van der Waals surface area (Å²) in [4.78, 5) is 48.4. The summed E-state index contributed by atoms with van der Waals surface area (Å²) < 4.78 is 10.2. The van der Waals surface area contributed by atoms with Crippen molar-refractivity contribution in [2.75, 3.05) is 30.5 Å². The number of nitrogens with zero attached hydrogens (tertiary/aromatic N) is 2. The largest absolute Gasteiger partial charge is 0.497 e. The maximum Gasteiger partial charge on any atom is 0.311 e. The van der Waals surface area contributed by atoms with Crippen LogP contribution in [0.25, 0.3) is 0 Å². The van der Waals surface area contributed by atoms with Gasteiger partial charge < -0.3 is 19.7 Å². The Bertz CT molecular complexity index is 1040. The summed E-state index contributed by atoms with van der Waals surface area (Å²) >= 11 is 5.73. The third-order valence-electron chi connectivity index (χ3n) is 4.60. The summed E-state index contributed by atoms with van der Waals surface area (Å²) in [5.74, 6) is -1.75. The molecule has 31 heavy (non-hydrogen) atoms. The Balaban J connectivity index is 1.55. The van der Waals surface area contributed by atoms with Gasteiger partial charge in [-0.3, -0.25) is 24.5 Å². The minimum atomic E-state index is -0.719. The monoisotopic (exact) mass is 447 g/mol. The van der Waals surface area contributed by atoms with E-state index in [2.05, 4.69) is 5.32 Å². The fourth-order valence-electron chi connectivity index (χ4n) is 3.08. The minimum absolute atomic E-state index is 0.0406. The summed E-state index contributed by atoms with van der Waals surface area (Å²) in [5, 5.41) is 13.2. The van der Waals surface area contributed by atoms with Crippen LogP contribution in [0.4, 0.5) is 17.1 Å². The number of halogens is 1. The Labute approximate surface area is 181 Å². The first-order valence-corrected chi connectivity index (χ1v) is 9.51. The number of nitrogens with one attached hydrogen (secondary N) is 1. The second-order valence-corrected chi connectivity index (χ2v) is 7.09. The molecule has 1 atom stereocenters. The number of benzene rings is 2. The molecule has 2 aromatic carbocycles. The third-order valence-corrected chi connectivity index (χ3v) is 4.92. The lowest BCUT2D eigenvalue weighted by Crippen LogP contribution is -2.28. The number of ether oxygens (including phenoxy) is 2. The van der Waals surface area contributed by atoms with Crippen molar-refractivity contribution in [3.05, 3.63) is 57.6 Å². The van der Waals surface area contributed by atoms with E-state index in [4.69, 9.17) is 21.1 Å². The van der Waals surface area contributed by atoms with Crippen LogP contribution in [-0.2, 0) is 19.1 Å². The van der Waals surface area contributed by atoms with Crippen molar-refractivity contribution in [1.82, 2.24) is 0 Å². The molecular weight excluding hydrogens is 430 g/mol. The van der Waals surface area contributed by atoms with Gasteiger partial charge in [-0.1, -0.05) is 17.7 Å². The maximum absolute atomic E-state index is 12.3. The number of hydrogen-bond acceptors (Lipinski definition) is 7. The zero-order valence-electron chi connectivity index (χ0n) is 16.4. The van der Waals surface area contributed by atoms with Gasteiger partial charge in [-0.25, -0.2) is 0 Å². The average molecular weight is 448 g/mol. The molecule has 10 nitrogen and oxygen atoms in total. The lowest BCUT2D eigenvalue weighted by Gasteiger charge is -2.17. The van der Waals surface area contributed by atoms with Gasteiger partial charge in [0, 0.05) is 36.5 Å². The molecule has 0 aliphatic carbocycles. The van der Waals surface area contributed by atoms with Crippen LogP contribution in [0.1, 0.15) is 6.42 Å². The number of methoxy groups -OCH3 is 1. The van der Waals surface area contributed by atoms with E-state index in [1.165, 1.54) is 24.1 Å². The van der Waals surface area contributed by atoms with Gasteiger partial charge in [0.15, 0.2) is 6.61 Å². The molecule has 2 amide bonds. The quantitative estimate of drug-likeness (QED) is 0.392. The highest BCUT2D eigenvalue weighted by Crippen LogP contribution is 2.29. The third kappa shape index (κ3) is 5.28. The second-order valence-electron chi connectivity index (χ2n) is 6.69. The smallest absolute Gasteiger partial charge is 0.311 e. The predicted molar refractivity (Wildman–Crippen MR) is 111 cm³/mol. The lowest BCUT2D eigenvalue weighted by atomic mass is 10.1. The summed E-state index contributed by atoms with van der Waals surface area (Å²) in [5.41, 5.74) is 0.373. The lowest BCUT2D eigenvalue weighted by molar-refractivity contribution is -0.384. The Hall–Kier alpha value is -3.66. The highest BCUT2D eigenvalue weighted by Gasteiger charge is 2.36. The predicted octanol–water partition coefficient (Wildman–Crippen LogP) is 2.79. The Morgan fingerprint density at radius 2 is 2.06 bits per heavy atom. The number of amides is 2. The molecule has 2 aromatic rings. The van der Waals surface area contributed by atoms with Crippen molar-refractivity contribution in [3.8, 4) is 5.75 Å². The normalized spacial score (nSPS) is 15.5. The number of rotatable bonds is 7. The number of nitro groups is 1. The fourth-order valence-corrected chi connectivity index (χ4v) is 3.26. The van der Waals surface area contributed by atoms with Crippen LogP contribution >= 0.6 is 11.6 Å². The Kier molecular flexibility index (Phi) is 6.71. The highest BCUT2D eigenvalue weighted by molar-refractivity contribution is 6.32. The standard InChI is InChI=1S/C20H18ClN3O7/c1-30-15-4-2-3-14(9-15)23-10-12(7-19(23)26)20(27)31-11-18(25)22-13-5-6-16(21)17(8-13)24(28)29/h2-6,8-9,12H,7,10-11H2,1H3,(H,22,25).